The van der Waals surface area contributed by atoms with Gasteiger partial charge >= 0.3 is 0 Å². The minimum Gasteiger partial charge on any atom is -0.377 e. The summed E-state index contributed by atoms with van der Waals surface area (Å²) < 4.78 is 1.94. The number of likely N-dealkylation sites (N-methyl/N-ethyl adjacent to an activating group) is 1. The van der Waals surface area contributed by atoms with Crippen molar-refractivity contribution >= 4 is 22.2 Å². The lowest BCUT2D eigenvalue weighted by Crippen LogP contribution is -2.44. The van der Waals surface area contributed by atoms with E-state index in [0.717, 1.165) is 11.8 Å². The molecule has 1 aliphatic heterocycles. The molecule has 22 heavy (non-hydrogen) atoms. The Morgan fingerprint density at radius 2 is 1.41 bits per heavy atom. The van der Waals surface area contributed by atoms with Gasteiger partial charge < -0.3 is 9.80 Å². The highest BCUT2D eigenvalue weighted by Crippen LogP contribution is 2.28. The van der Waals surface area contributed by atoms with Crippen molar-refractivity contribution in [1.29, 1.82) is 0 Å². The third-order valence-corrected chi connectivity index (χ3v) is 14.4. The second-order valence-corrected chi connectivity index (χ2v) is 17.7. The Morgan fingerprint density at radius 1 is 0.955 bits per heavy atom. The lowest BCUT2D eigenvalue weighted by molar-refractivity contribution is 0.198. The minimum atomic E-state index is -1.22. The Morgan fingerprint density at radius 3 is 1.77 bits per heavy atom. The largest absolute Gasteiger partial charge is 0.377 e. The standard InChI is InChI=1S/C10H21N2Si.2C4H9.Al/c1-11-5-7-12(8-6-11)9-10-13(2,3)4;2*1-4(2)3;/h9H,5-8H2,1-4H3;2*4H,1H2,2-3H3;. The molecule has 0 amide bonds. The molecule has 0 saturated carbocycles. The van der Waals surface area contributed by atoms with Gasteiger partial charge in [0.1, 0.15) is 0 Å². The summed E-state index contributed by atoms with van der Waals surface area (Å²) in [7, 11) is 1.03. The van der Waals surface area contributed by atoms with Gasteiger partial charge in [-0.25, -0.2) is 0 Å². The van der Waals surface area contributed by atoms with E-state index in [1.54, 1.807) is 0 Å². The molecular formula is C18H39AlN2Si. The molecule has 0 atom stereocenters. The van der Waals surface area contributed by atoms with Crippen molar-refractivity contribution < 1.29 is 0 Å². The molecule has 0 aromatic rings. The third kappa shape index (κ3) is 7.21. The molecule has 0 aromatic heterocycles. The second-order valence-electron chi connectivity index (χ2n) is 9.13. The summed E-state index contributed by atoms with van der Waals surface area (Å²) in [5.74, 6) is 1.70. The normalized spacial score (nSPS) is 18.5. The van der Waals surface area contributed by atoms with E-state index in [9.17, 15) is 0 Å². The fourth-order valence-corrected chi connectivity index (χ4v) is 13.1. The van der Waals surface area contributed by atoms with E-state index in [1.807, 2.05) is 4.06 Å². The maximum absolute atomic E-state index is 2.65. The summed E-state index contributed by atoms with van der Waals surface area (Å²) in [6.07, 6.45) is 2.65. The van der Waals surface area contributed by atoms with E-state index >= 15 is 0 Å². The summed E-state index contributed by atoms with van der Waals surface area (Å²) in [6, 6.07) is 0. The van der Waals surface area contributed by atoms with Crippen LogP contribution in [0.1, 0.15) is 27.7 Å². The van der Waals surface area contributed by atoms with Crippen molar-refractivity contribution in [3.8, 4) is 0 Å². The zero-order valence-electron chi connectivity index (χ0n) is 16.4. The van der Waals surface area contributed by atoms with Gasteiger partial charge in [0.25, 0.3) is 14.1 Å². The monoisotopic (exact) mass is 338 g/mol. The SMILES string of the molecule is CC(C)[CH2][Al]([CH2]C(C)C)/[C](=C/N1CCN(C)CC1)[Si](C)(C)C. The van der Waals surface area contributed by atoms with E-state index < -0.39 is 22.2 Å². The first-order chi connectivity index (χ1) is 10.1. The first-order valence-electron chi connectivity index (χ1n) is 9.24. The zero-order chi connectivity index (χ0) is 16.9. The van der Waals surface area contributed by atoms with Gasteiger partial charge in [0.2, 0.25) is 0 Å². The van der Waals surface area contributed by atoms with Crippen LogP contribution in [0.5, 0.6) is 0 Å². The van der Waals surface area contributed by atoms with Crippen molar-refractivity contribution in [3.05, 3.63) is 10.3 Å². The molecule has 0 radical (unpaired) electrons. The highest BCUT2D eigenvalue weighted by atomic mass is 28.3. The number of hydrogen-bond acceptors (Lipinski definition) is 2. The van der Waals surface area contributed by atoms with Crippen molar-refractivity contribution in [2.45, 2.75) is 57.9 Å². The lowest BCUT2D eigenvalue weighted by Gasteiger charge is -2.36. The summed E-state index contributed by atoms with van der Waals surface area (Å²) >= 11 is -0.809. The molecule has 1 rings (SSSR count). The predicted octanol–water partition coefficient (Wildman–Crippen LogP) is 4.34. The number of piperazine rings is 1. The zero-order valence-corrected chi connectivity index (χ0v) is 18.6. The smallest absolute Gasteiger partial charge is 0.297 e. The molecular weight excluding hydrogens is 299 g/mol. The van der Waals surface area contributed by atoms with Gasteiger partial charge in [0.05, 0.1) is 8.07 Å². The first kappa shape index (κ1) is 20.3. The average Bonchev–Trinajstić information content (AvgIpc) is 2.34. The molecule has 2 nitrogen and oxygen atoms in total. The van der Waals surface area contributed by atoms with Crippen LogP contribution in [-0.2, 0) is 0 Å². The Labute approximate surface area is 145 Å². The van der Waals surface area contributed by atoms with E-state index in [4.69, 9.17) is 0 Å². The predicted molar refractivity (Wildman–Crippen MR) is 106 cm³/mol. The Hall–Kier alpha value is 0.249. The van der Waals surface area contributed by atoms with Crippen LogP contribution >= 0.6 is 0 Å². The van der Waals surface area contributed by atoms with Crippen LogP contribution in [0, 0.1) is 11.8 Å². The van der Waals surface area contributed by atoms with Crippen molar-refractivity contribution in [2.75, 3.05) is 33.2 Å². The number of nitrogens with zero attached hydrogens (tertiary/aromatic N) is 2. The Kier molecular flexibility index (Phi) is 8.23. The van der Waals surface area contributed by atoms with Crippen molar-refractivity contribution in [2.24, 2.45) is 11.8 Å². The van der Waals surface area contributed by atoms with Crippen molar-refractivity contribution in [1.82, 2.24) is 9.80 Å². The number of hydrogen-bond donors (Lipinski definition) is 0. The first-order valence-corrected chi connectivity index (χ1v) is 15.0. The second kappa shape index (κ2) is 8.92. The molecule has 0 unspecified atom stereocenters. The van der Waals surface area contributed by atoms with E-state index in [2.05, 4.69) is 70.4 Å². The molecule has 1 heterocycles. The van der Waals surface area contributed by atoms with Gasteiger partial charge in [-0.05, 0) is 13.2 Å². The van der Waals surface area contributed by atoms with Gasteiger partial charge in [0.15, 0.2) is 0 Å². The summed E-state index contributed by atoms with van der Waals surface area (Å²) in [4.78, 5) is 5.09. The van der Waals surface area contributed by atoms with Gasteiger partial charge in [-0.15, -0.1) is 4.06 Å². The molecule has 0 aromatic carbocycles. The van der Waals surface area contributed by atoms with E-state index in [0.29, 0.717) is 0 Å². The molecule has 0 N–H and O–H groups in total. The topological polar surface area (TPSA) is 6.48 Å². The van der Waals surface area contributed by atoms with Crippen LogP contribution < -0.4 is 0 Å². The fourth-order valence-electron chi connectivity index (χ4n) is 3.55. The fraction of sp³-hybridized carbons (Fsp3) is 0.889. The van der Waals surface area contributed by atoms with Crippen LogP contribution in [-0.4, -0.2) is 65.2 Å². The van der Waals surface area contributed by atoms with Gasteiger partial charge in [-0.3, -0.25) is 0 Å². The summed E-state index contributed by atoms with van der Waals surface area (Å²) in [5.41, 5.74) is 0. The molecule has 1 fully saturated rings. The van der Waals surface area contributed by atoms with Crippen molar-refractivity contribution in [3.63, 3.8) is 0 Å². The molecule has 0 spiro atoms. The summed E-state index contributed by atoms with van der Waals surface area (Å²) in [5, 5.41) is 2.98. The van der Waals surface area contributed by atoms with E-state index in [1.165, 1.54) is 36.7 Å². The van der Waals surface area contributed by atoms with Crippen LogP contribution in [0.15, 0.2) is 10.3 Å². The van der Waals surface area contributed by atoms with Gasteiger partial charge in [0, 0.05) is 26.2 Å². The third-order valence-electron chi connectivity index (χ3n) is 4.68. The number of rotatable bonds is 7. The molecule has 128 valence electrons. The van der Waals surface area contributed by atoms with Crippen LogP contribution in [0.2, 0.25) is 30.2 Å². The molecule has 1 aliphatic rings. The maximum Gasteiger partial charge on any atom is 0.297 e. The highest BCUT2D eigenvalue weighted by Gasteiger charge is 2.33. The summed E-state index contributed by atoms with van der Waals surface area (Å²) in [6.45, 7) is 22.2. The lowest BCUT2D eigenvalue weighted by atomic mass is 10.3. The Bertz CT molecular complexity index is 343. The van der Waals surface area contributed by atoms with Crippen LogP contribution in [0.4, 0.5) is 0 Å². The van der Waals surface area contributed by atoms with E-state index in [-0.39, 0.29) is 0 Å². The highest BCUT2D eigenvalue weighted by molar-refractivity contribution is 6.98. The average molecular weight is 339 g/mol. The molecule has 0 bridgehead atoms. The minimum absolute atomic E-state index is 0.809. The van der Waals surface area contributed by atoms with Crippen LogP contribution in [0.25, 0.3) is 0 Å². The van der Waals surface area contributed by atoms with Crippen LogP contribution in [0.3, 0.4) is 0 Å². The maximum atomic E-state index is 2.65. The quantitative estimate of drug-likeness (QED) is 0.637. The molecule has 1 saturated heterocycles. The van der Waals surface area contributed by atoms with Gasteiger partial charge in [-0.2, -0.15) is 0 Å². The Balaban J connectivity index is 2.97. The molecule has 0 aliphatic carbocycles. The molecule has 4 heteroatoms. The van der Waals surface area contributed by atoms with Gasteiger partial charge in [-0.1, -0.05) is 69.7 Å².